The molecule has 1 aliphatic rings. The number of hydrogen-bond donors (Lipinski definition) is 1. The molecule has 2 aromatic heterocycles. The van der Waals surface area contributed by atoms with E-state index in [9.17, 15) is 9.59 Å². The highest BCUT2D eigenvalue weighted by Gasteiger charge is 2.24. The van der Waals surface area contributed by atoms with E-state index in [0.717, 1.165) is 18.5 Å². The van der Waals surface area contributed by atoms with Crippen molar-refractivity contribution in [2.75, 3.05) is 31.1 Å². The first-order chi connectivity index (χ1) is 14.2. The molecule has 1 amide bonds. The van der Waals surface area contributed by atoms with Crippen molar-refractivity contribution in [2.24, 2.45) is 0 Å². The molecule has 1 N–H and O–H groups in total. The fraction of sp³-hybridized carbons (Fsp3) is 0.455. The highest BCUT2D eigenvalue weighted by molar-refractivity contribution is 5.94. The lowest BCUT2D eigenvalue weighted by Crippen LogP contribution is -2.36. The van der Waals surface area contributed by atoms with Gasteiger partial charge in [-0.15, -0.1) is 0 Å². The van der Waals surface area contributed by atoms with Crippen molar-refractivity contribution in [3.05, 3.63) is 51.9 Å². The summed E-state index contributed by atoms with van der Waals surface area (Å²) in [5.41, 5.74) is 1.89. The third kappa shape index (κ3) is 3.81. The lowest BCUT2D eigenvalue weighted by molar-refractivity contribution is 0.0767. The number of nitrogens with one attached hydrogen (secondary N) is 1. The minimum Gasteiger partial charge on any atom is -0.340 e. The fourth-order valence-electron chi connectivity index (χ4n) is 3.84. The Labute approximate surface area is 175 Å². The van der Waals surface area contributed by atoms with Gasteiger partial charge >= 0.3 is 0 Å². The number of aromatic amines is 1. The van der Waals surface area contributed by atoms with Crippen LogP contribution in [0.1, 0.15) is 43.1 Å². The Hall–Kier alpha value is -3.16. The minimum absolute atomic E-state index is 0.0447. The first kappa shape index (κ1) is 20.1. The summed E-state index contributed by atoms with van der Waals surface area (Å²) in [5.74, 6) is 0.576. The quantitative estimate of drug-likeness (QED) is 0.704. The number of rotatable bonds is 2. The second kappa shape index (κ2) is 7.59. The van der Waals surface area contributed by atoms with Gasteiger partial charge < -0.3 is 9.80 Å². The molecule has 4 rings (SSSR count). The highest BCUT2D eigenvalue weighted by atomic mass is 16.2. The van der Waals surface area contributed by atoms with Gasteiger partial charge in [-0.2, -0.15) is 10.1 Å². The van der Waals surface area contributed by atoms with E-state index in [4.69, 9.17) is 4.98 Å². The Kier molecular flexibility index (Phi) is 5.09. The van der Waals surface area contributed by atoms with E-state index in [1.807, 2.05) is 61.8 Å². The molecule has 0 aliphatic carbocycles. The zero-order chi connectivity index (χ0) is 21.5. The summed E-state index contributed by atoms with van der Waals surface area (Å²) in [5, 5.41) is 4.86. The Bertz CT molecular complexity index is 1140. The second-order valence-electron chi connectivity index (χ2n) is 8.86. The standard InChI is InChI=1S/C22H28N6O2/c1-15-7-5-8-16(13-15)20(30)26-9-6-10-27(12-11-26)21-24-18-17(19(29)25-21)14-23-28(18)22(2,3)4/h5,7-8,13-14H,6,9-12H2,1-4H3,(H,24,25,29). The number of benzene rings is 1. The smallest absolute Gasteiger partial charge is 0.263 e. The van der Waals surface area contributed by atoms with Gasteiger partial charge in [0.25, 0.3) is 11.5 Å². The van der Waals surface area contributed by atoms with Crippen LogP contribution in [-0.4, -0.2) is 56.7 Å². The SMILES string of the molecule is Cc1cccc(C(=O)N2CCCN(c3nc4c(cnn4C(C)(C)C)c(=O)[nH]3)CC2)c1. The maximum absolute atomic E-state index is 12.9. The number of H-pyrrole nitrogens is 1. The van der Waals surface area contributed by atoms with Crippen LogP contribution in [0.25, 0.3) is 11.0 Å². The maximum Gasteiger partial charge on any atom is 0.263 e. The van der Waals surface area contributed by atoms with Crippen LogP contribution in [0.3, 0.4) is 0 Å². The molecule has 8 nitrogen and oxygen atoms in total. The number of amides is 1. The zero-order valence-electron chi connectivity index (χ0n) is 18.0. The largest absolute Gasteiger partial charge is 0.340 e. The molecule has 1 aromatic carbocycles. The van der Waals surface area contributed by atoms with E-state index >= 15 is 0 Å². The van der Waals surface area contributed by atoms with E-state index in [2.05, 4.69) is 10.1 Å². The van der Waals surface area contributed by atoms with Crippen LogP contribution in [0.15, 0.2) is 35.3 Å². The summed E-state index contributed by atoms with van der Waals surface area (Å²) >= 11 is 0. The van der Waals surface area contributed by atoms with Crippen molar-refractivity contribution in [1.29, 1.82) is 0 Å². The number of aromatic nitrogens is 4. The number of nitrogens with zero attached hydrogens (tertiary/aromatic N) is 5. The molecule has 1 saturated heterocycles. The van der Waals surface area contributed by atoms with Gasteiger partial charge in [0.05, 0.1) is 11.7 Å². The average molecular weight is 409 g/mol. The summed E-state index contributed by atoms with van der Waals surface area (Å²) in [7, 11) is 0. The lowest BCUT2D eigenvalue weighted by Gasteiger charge is -2.23. The van der Waals surface area contributed by atoms with Gasteiger partial charge in [0.15, 0.2) is 5.65 Å². The molecule has 0 bridgehead atoms. The topological polar surface area (TPSA) is 87.1 Å². The molecule has 3 heterocycles. The third-order valence-corrected chi connectivity index (χ3v) is 5.41. The van der Waals surface area contributed by atoms with Crippen LogP contribution in [0.4, 0.5) is 5.95 Å². The van der Waals surface area contributed by atoms with E-state index < -0.39 is 0 Å². The number of fused-ring (bicyclic) bond motifs is 1. The Morgan fingerprint density at radius 3 is 2.67 bits per heavy atom. The number of carbonyl (C=O) groups excluding carboxylic acids is 1. The van der Waals surface area contributed by atoms with Crippen LogP contribution in [0, 0.1) is 6.92 Å². The summed E-state index contributed by atoms with van der Waals surface area (Å²) in [6, 6.07) is 7.68. The van der Waals surface area contributed by atoms with Gasteiger partial charge in [0.1, 0.15) is 5.39 Å². The number of carbonyl (C=O) groups is 1. The first-order valence-corrected chi connectivity index (χ1v) is 10.3. The van der Waals surface area contributed by atoms with Crippen molar-refractivity contribution in [1.82, 2.24) is 24.6 Å². The molecule has 1 fully saturated rings. The minimum atomic E-state index is -0.282. The van der Waals surface area contributed by atoms with Crippen LogP contribution in [0.2, 0.25) is 0 Å². The molecule has 0 atom stereocenters. The summed E-state index contributed by atoms with van der Waals surface area (Å²) in [4.78, 5) is 37.1. The molecule has 0 saturated carbocycles. The monoisotopic (exact) mass is 408 g/mol. The van der Waals surface area contributed by atoms with E-state index in [-0.39, 0.29) is 17.0 Å². The second-order valence-corrected chi connectivity index (χ2v) is 8.86. The van der Waals surface area contributed by atoms with E-state index in [0.29, 0.717) is 42.2 Å². The van der Waals surface area contributed by atoms with Gasteiger partial charge in [-0.1, -0.05) is 17.7 Å². The predicted molar refractivity (Wildman–Crippen MR) is 117 cm³/mol. The van der Waals surface area contributed by atoms with Crippen LogP contribution in [-0.2, 0) is 5.54 Å². The number of hydrogen-bond acceptors (Lipinski definition) is 5. The van der Waals surface area contributed by atoms with Crippen LogP contribution >= 0.6 is 0 Å². The fourth-order valence-corrected chi connectivity index (χ4v) is 3.84. The molecular weight excluding hydrogens is 380 g/mol. The molecule has 158 valence electrons. The summed E-state index contributed by atoms with van der Waals surface area (Å²) in [6.45, 7) is 10.7. The van der Waals surface area contributed by atoms with Crippen LogP contribution in [0.5, 0.6) is 0 Å². The van der Waals surface area contributed by atoms with Crippen molar-refractivity contribution in [2.45, 2.75) is 39.7 Å². The molecule has 1 aliphatic heterocycles. The molecular formula is C22H28N6O2. The maximum atomic E-state index is 12.9. The first-order valence-electron chi connectivity index (χ1n) is 10.3. The van der Waals surface area contributed by atoms with E-state index in [1.165, 1.54) is 0 Å². The summed E-state index contributed by atoms with van der Waals surface area (Å²) in [6.07, 6.45) is 2.37. The molecule has 8 heteroatoms. The van der Waals surface area contributed by atoms with Gasteiger partial charge in [-0.25, -0.2) is 4.68 Å². The number of anilines is 1. The van der Waals surface area contributed by atoms with Crippen molar-refractivity contribution in [3.63, 3.8) is 0 Å². The Morgan fingerprint density at radius 2 is 1.93 bits per heavy atom. The van der Waals surface area contributed by atoms with Crippen molar-refractivity contribution in [3.8, 4) is 0 Å². The van der Waals surface area contributed by atoms with Crippen molar-refractivity contribution >= 4 is 22.9 Å². The summed E-state index contributed by atoms with van der Waals surface area (Å²) < 4.78 is 1.78. The zero-order valence-corrected chi connectivity index (χ0v) is 18.0. The third-order valence-electron chi connectivity index (χ3n) is 5.41. The lowest BCUT2D eigenvalue weighted by atomic mass is 10.1. The molecule has 3 aromatic rings. The number of aryl methyl sites for hydroxylation is 1. The van der Waals surface area contributed by atoms with E-state index in [1.54, 1.807) is 10.9 Å². The Morgan fingerprint density at radius 1 is 1.13 bits per heavy atom. The molecule has 0 unspecified atom stereocenters. The average Bonchev–Trinajstić information content (AvgIpc) is 2.98. The molecule has 0 radical (unpaired) electrons. The van der Waals surface area contributed by atoms with Gasteiger partial charge in [0.2, 0.25) is 5.95 Å². The molecule has 0 spiro atoms. The van der Waals surface area contributed by atoms with Gasteiger partial charge in [-0.3, -0.25) is 14.6 Å². The predicted octanol–water partition coefficient (Wildman–Crippen LogP) is 2.54. The van der Waals surface area contributed by atoms with Crippen LogP contribution < -0.4 is 10.5 Å². The highest BCUT2D eigenvalue weighted by Crippen LogP contribution is 2.20. The van der Waals surface area contributed by atoms with Crippen molar-refractivity contribution < 1.29 is 4.79 Å². The molecule has 30 heavy (non-hydrogen) atoms. The van der Waals surface area contributed by atoms with Gasteiger partial charge in [0, 0.05) is 31.7 Å². The normalized spacial score (nSPS) is 15.5. The van der Waals surface area contributed by atoms with Gasteiger partial charge in [-0.05, 0) is 46.2 Å². The Balaban J connectivity index is 1.58.